The van der Waals surface area contributed by atoms with E-state index in [9.17, 15) is 0 Å². The summed E-state index contributed by atoms with van der Waals surface area (Å²) in [5.74, 6) is 0. The Morgan fingerprint density at radius 3 is 1.93 bits per heavy atom. The lowest BCUT2D eigenvalue weighted by molar-refractivity contribution is 0.00578. The van der Waals surface area contributed by atoms with E-state index >= 15 is 0 Å². The molecule has 82 valence electrons. The average Bonchev–Trinajstić information content (AvgIpc) is 2.35. The van der Waals surface area contributed by atoms with Gasteiger partial charge in [0, 0.05) is 0 Å². The van der Waals surface area contributed by atoms with Gasteiger partial charge in [-0.1, -0.05) is 0 Å². The Labute approximate surface area is 85.5 Å². The number of rotatable bonds is 0. The topological polar surface area (TPSA) is 36.9 Å². The average molecular weight is 221 g/mol. The van der Waals surface area contributed by atoms with Gasteiger partial charge in [0.25, 0.3) is 0 Å². The third-order valence-corrected chi connectivity index (χ3v) is 5.35. The Morgan fingerprint density at radius 1 is 1.07 bits per heavy atom. The largest absolute Gasteiger partial charge is 0.576 e. The molecule has 0 saturated carbocycles. The van der Waals surface area contributed by atoms with Crippen LogP contribution < -0.4 is 0 Å². The van der Waals surface area contributed by atoms with Crippen molar-refractivity contribution in [3.8, 4) is 0 Å². The van der Waals surface area contributed by atoms with Crippen molar-refractivity contribution >= 4 is 8.17 Å². The summed E-state index contributed by atoms with van der Waals surface area (Å²) in [5, 5.41) is 0. The first-order valence-corrected chi connectivity index (χ1v) is 6.36. The van der Waals surface area contributed by atoms with E-state index in [1.807, 2.05) is 34.6 Å². The van der Waals surface area contributed by atoms with Crippen LogP contribution >= 0.6 is 8.17 Å². The van der Waals surface area contributed by atoms with Crippen molar-refractivity contribution in [2.24, 2.45) is 0 Å². The fourth-order valence-corrected chi connectivity index (χ4v) is 4.11. The van der Waals surface area contributed by atoms with Gasteiger partial charge in [0.05, 0.1) is 0 Å². The van der Waals surface area contributed by atoms with E-state index in [-0.39, 0.29) is 17.3 Å². The second kappa shape index (κ2) is 2.89. The van der Waals surface area contributed by atoms with Crippen molar-refractivity contribution in [1.29, 1.82) is 0 Å². The van der Waals surface area contributed by atoms with E-state index in [4.69, 9.17) is 18.1 Å². The minimum Gasteiger partial charge on any atom is -0.150 e. The first kappa shape index (κ1) is 10.8. The molecule has 0 aromatic heterocycles. The van der Waals surface area contributed by atoms with Gasteiger partial charge in [0.2, 0.25) is 0 Å². The van der Waals surface area contributed by atoms with Crippen molar-refractivity contribution in [2.45, 2.75) is 51.9 Å². The lowest BCUT2D eigenvalue weighted by atomic mass is 9.90. The van der Waals surface area contributed by atoms with Crippen LogP contribution in [0.25, 0.3) is 0 Å². The third kappa shape index (κ3) is 1.50. The van der Waals surface area contributed by atoms with Crippen LogP contribution in [-0.4, -0.2) is 23.9 Å². The van der Waals surface area contributed by atoms with Gasteiger partial charge in [-0.2, -0.15) is 4.52 Å². The summed E-state index contributed by atoms with van der Waals surface area (Å²) in [6.45, 7) is 10.5. The standard InChI is InChI=1S/C9H18O4P/c1-7-6-10-14(11-7)12-8(2,3)9(4,5)13-14/h7H,6H2,1-5H3/q+1. The maximum atomic E-state index is 5.83. The molecule has 2 aliphatic rings. The van der Waals surface area contributed by atoms with Gasteiger partial charge >= 0.3 is 8.17 Å². The molecule has 2 rings (SSSR count). The second-order valence-corrected chi connectivity index (χ2v) is 6.59. The second-order valence-electron chi connectivity index (χ2n) is 4.86. The first-order valence-electron chi connectivity index (χ1n) is 4.90. The number of hydrogen-bond acceptors (Lipinski definition) is 4. The summed E-state index contributed by atoms with van der Waals surface area (Å²) in [6, 6.07) is 0. The van der Waals surface area contributed by atoms with Gasteiger partial charge < -0.3 is 0 Å². The molecule has 0 aromatic rings. The molecule has 1 unspecified atom stereocenters. The summed E-state index contributed by atoms with van der Waals surface area (Å²) >= 11 is 0. The van der Waals surface area contributed by atoms with Crippen LogP contribution in [0, 0.1) is 0 Å². The smallest absolute Gasteiger partial charge is 0.150 e. The van der Waals surface area contributed by atoms with Gasteiger partial charge in [-0.15, -0.1) is 13.6 Å². The predicted molar refractivity (Wildman–Crippen MR) is 53.7 cm³/mol. The normalized spacial score (nSPS) is 37.9. The van der Waals surface area contributed by atoms with Gasteiger partial charge in [-0.05, 0) is 34.6 Å². The SMILES string of the molecule is CC1CO[P+]2(O1)OC(C)(C)C(C)(C)O2. The van der Waals surface area contributed by atoms with E-state index in [1.165, 1.54) is 0 Å². The van der Waals surface area contributed by atoms with Crippen molar-refractivity contribution in [3.05, 3.63) is 0 Å². The summed E-state index contributed by atoms with van der Waals surface area (Å²) in [5.41, 5.74) is -0.740. The summed E-state index contributed by atoms with van der Waals surface area (Å²) in [7, 11) is -2.50. The van der Waals surface area contributed by atoms with Crippen LogP contribution in [-0.2, 0) is 18.1 Å². The molecule has 2 heterocycles. The zero-order chi connectivity index (χ0) is 10.6. The molecule has 0 aliphatic carbocycles. The Bertz CT molecular complexity index is 235. The highest BCUT2D eigenvalue weighted by atomic mass is 31.2. The molecule has 0 N–H and O–H groups in total. The molecule has 5 heteroatoms. The molecule has 14 heavy (non-hydrogen) atoms. The molecule has 1 spiro atoms. The van der Waals surface area contributed by atoms with E-state index in [0.29, 0.717) is 6.61 Å². The van der Waals surface area contributed by atoms with Crippen molar-refractivity contribution < 1.29 is 18.1 Å². The molecule has 2 saturated heterocycles. The third-order valence-electron chi connectivity index (χ3n) is 2.91. The molecule has 0 aromatic carbocycles. The summed E-state index contributed by atoms with van der Waals surface area (Å²) < 4.78 is 22.8. The van der Waals surface area contributed by atoms with E-state index in [0.717, 1.165) is 0 Å². The highest BCUT2D eigenvalue weighted by Crippen LogP contribution is 2.76. The fraction of sp³-hybridized carbons (Fsp3) is 1.00. The molecule has 0 bridgehead atoms. The van der Waals surface area contributed by atoms with Gasteiger partial charge in [0.1, 0.15) is 23.9 Å². The lowest BCUT2D eigenvalue weighted by Gasteiger charge is -2.23. The van der Waals surface area contributed by atoms with Gasteiger partial charge in [0.15, 0.2) is 0 Å². The zero-order valence-corrected chi connectivity index (χ0v) is 10.3. The summed E-state index contributed by atoms with van der Waals surface area (Å²) in [4.78, 5) is 0. The molecule has 0 radical (unpaired) electrons. The minimum absolute atomic E-state index is 0.0630. The van der Waals surface area contributed by atoms with Crippen molar-refractivity contribution in [1.82, 2.24) is 0 Å². The minimum atomic E-state index is -2.50. The molecule has 4 nitrogen and oxygen atoms in total. The predicted octanol–water partition coefficient (Wildman–Crippen LogP) is 2.70. The fourth-order valence-electron chi connectivity index (χ4n) is 1.37. The monoisotopic (exact) mass is 221 g/mol. The van der Waals surface area contributed by atoms with E-state index in [1.54, 1.807) is 0 Å². The molecule has 0 amide bonds. The van der Waals surface area contributed by atoms with E-state index in [2.05, 4.69) is 0 Å². The van der Waals surface area contributed by atoms with E-state index < -0.39 is 8.17 Å². The number of hydrogen-bond donors (Lipinski definition) is 0. The van der Waals surface area contributed by atoms with Gasteiger partial charge in [-0.25, -0.2) is 0 Å². The Morgan fingerprint density at radius 2 is 1.57 bits per heavy atom. The first-order chi connectivity index (χ1) is 6.27. The molecule has 2 aliphatic heterocycles. The zero-order valence-electron chi connectivity index (χ0n) is 9.36. The Balaban J connectivity index is 2.21. The van der Waals surface area contributed by atoms with Crippen LogP contribution in [0.4, 0.5) is 0 Å². The highest BCUT2D eigenvalue weighted by molar-refractivity contribution is 7.57. The maximum absolute atomic E-state index is 5.83. The lowest BCUT2D eigenvalue weighted by Crippen LogP contribution is -2.41. The van der Waals surface area contributed by atoms with Crippen molar-refractivity contribution in [2.75, 3.05) is 6.61 Å². The van der Waals surface area contributed by atoms with Crippen LogP contribution in [0.15, 0.2) is 0 Å². The molecule has 1 atom stereocenters. The Kier molecular flexibility index (Phi) is 2.23. The van der Waals surface area contributed by atoms with Crippen LogP contribution in [0.3, 0.4) is 0 Å². The van der Waals surface area contributed by atoms with Crippen LogP contribution in [0.1, 0.15) is 34.6 Å². The maximum Gasteiger partial charge on any atom is 0.576 e. The molecular formula is C9H18O4P+. The summed E-state index contributed by atoms with van der Waals surface area (Å²) in [6.07, 6.45) is 0.0630. The van der Waals surface area contributed by atoms with Gasteiger partial charge in [-0.3, -0.25) is 0 Å². The van der Waals surface area contributed by atoms with Crippen molar-refractivity contribution in [3.63, 3.8) is 0 Å². The Hall–Kier alpha value is 0.270. The quantitative estimate of drug-likeness (QED) is 0.589. The highest BCUT2D eigenvalue weighted by Gasteiger charge is 2.72. The molecular weight excluding hydrogens is 203 g/mol. The van der Waals surface area contributed by atoms with Crippen LogP contribution in [0.2, 0.25) is 0 Å². The van der Waals surface area contributed by atoms with Crippen LogP contribution in [0.5, 0.6) is 0 Å². The molecule has 2 fully saturated rings.